The van der Waals surface area contributed by atoms with Gasteiger partial charge < -0.3 is 20.5 Å². The molecule has 0 fully saturated rings. The molecule has 0 spiro atoms. The molecule has 1 unspecified atom stereocenters. The molecule has 0 radical (unpaired) electrons. The van der Waals surface area contributed by atoms with E-state index in [0.29, 0.717) is 6.54 Å². The molecule has 0 saturated carbocycles. The molecule has 0 aliphatic carbocycles. The molecule has 0 rings (SSSR count). The van der Waals surface area contributed by atoms with Crippen molar-refractivity contribution >= 4 is 6.09 Å². The monoisotopic (exact) mass is 274 g/mol. The topological polar surface area (TPSA) is 70.6 Å². The van der Waals surface area contributed by atoms with E-state index < -0.39 is 5.60 Å². The lowest BCUT2D eigenvalue weighted by atomic mass is 9.97. The molecule has 0 saturated heterocycles. The third-order valence-electron chi connectivity index (χ3n) is 2.72. The fourth-order valence-corrected chi connectivity index (χ4v) is 1.76. The first kappa shape index (κ1) is 18.2. The minimum Gasteiger partial charge on any atom is -0.444 e. The third kappa shape index (κ3) is 9.73. The minimum atomic E-state index is -0.459. The molecule has 0 bridgehead atoms. The van der Waals surface area contributed by atoms with Gasteiger partial charge in [0.1, 0.15) is 5.60 Å². The summed E-state index contributed by atoms with van der Waals surface area (Å²) in [6.45, 7) is 11.1. The summed E-state index contributed by atoms with van der Waals surface area (Å²) in [6.07, 6.45) is 2.38. The molecule has 0 heterocycles. The number of alkyl carbamates (subject to hydrolysis) is 1. The smallest absolute Gasteiger partial charge is 0.407 e. The normalized spacial score (nSPS) is 14.8. The van der Waals surface area contributed by atoms with Gasteiger partial charge >= 0.3 is 6.09 Å². The second kappa shape index (κ2) is 8.38. The lowest BCUT2D eigenvalue weighted by Crippen LogP contribution is -2.46. The molecule has 0 aliphatic rings. The second-order valence-electron chi connectivity index (χ2n) is 6.18. The number of aliphatic hydroxyl groups is 1. The molecular formula is C14H30N2O3. The number of amides is 1. The maximum atomic E-state index is 11.4. The van der Waals surface area contributed by atoms with Crippen LogP contribution in [0.4, 0.5) is 4.79 Å². The van der Waals surface area contributed by atoms with Crippen LogP contribution in [-0.2, 0) is 4.74 Å². The van der Waals surface area contributed by atoms with E-state index in [1.807, 2.05) is 27.7 Å². The SMILES string of the molecule is CCCC(C)(CO)NCCCNC(=O)OC(C)(C)C. The number of rotatable bonds is 8. The lowest BCUT2D eigenvalue weighted by Gasteiger charge is -2.28. The predicted octanol–water partition coefficient (Wildman–Crippen LogP) is 2.04. The minimum absolute atomic E-state index is 0.125. The van der Waals surface area contributed by atoms with Crippen molar-refractivity contribution in [2.75, 3.05) is 19.7 Å². The largest absolute Gasteiger partial charge is 0.444 e. The Labute approximate surface area is 117 Å². The van der Waals surface area contributed by atoms with Crippen molar-refractivity contribution in [1.29, 1.82) is 0 Å². The van der Waals surface area contributed by atoms with Gasteiger partial charge in [-0.25, -0.2) is 4.79 Å². The number of hydrogen-bond donors (Lipinski definition) is 3. The summed E-state index contributed by atoms with van der Waals surface area (Å²) in [5, 5.41) is 15.4. The van der Waals surface area contributed by atoms with Crippen LogP contribution in [0.25, 0.3) is 0 Å². The van der Waals surface area contributed by atoms with Gasteiger partial charge in [-0.05, 0) is 47.1 Å². The summed E-state index contributed by atoms with van der Waals surface area (Å²) in [4.78, 5) is 11.4. The summed E-state index contributed by atoms with van der Waals surface area (Å²) in [5.41, 5.74) is -0.681. The number of nitrogens with one attached hydrogen (secondary N) is 2. The molecule has 3 N–H and O–H groups in total. The highest BCUT2D eigenvalue weighted by atomic mass is 16.6. The number of carbonyl (C=O) groups excluding carboxylic acids is 1. The first-order chi connectivity index (χ1) is 8.72. The van der Waals surface area contributed by atoms with Crippen LogP contribution in [-0.4, -0.2) is 42.0 Å². The highest BCUT2D eigenvalue weighted by Gasteiger charge is 2.20. The predicted molar refractivity (Wildman–Crippen MR) is 77.3 cm³/mol. The van der Waals surface area contributed by atoms with Gasteiger partial charge in [0.25, 0.3) is 0 Å². The number of aliphatic hydroxyl groups excluding tert-OH is 1. The van der Waals surface area contributed by atoms with Crippen molar-refractivity contribution in [3.05, 3.63) is 0 Å². The molecular weight excluding hydrogens is 244 g/mol. The second-order valence-corrected chi connectivity index (χ2v) is 6.18. The summed E-state index contributed by atoms with van der Waals surface area (Å²) < 4.78 is 5.13. The van der Waals surface area contributed by atoms with E-state index in [4.69, 9.17) is 4.74 Å². The van der Waals surface area contributed by atoms with Crippen molar-refractivity contribution in [3.8, 4) is 0 Å². The van der Waals surface area contributed by atoms with Crippen molar-refractivity contribution in [1.82, 2.24) is 10.6 Å². The van der Waals surface area contributed by atoms with Crippen LogP contribution in [0.2, 0.25) is 0 Å². The van der Waals surface area contributed by atoms with Gasteiger partial charge in [0.2, 0.25) is 0 Å². The van der Waals surface area contributed by atoms with E-state index in [-0.39, 0.29) is 18.2 Å². The van der Waals surface area contributed by atoms with Crippen molar-refractivity contribution in [2.24, 2.45) is 0 Å². The Hall–Kier alpha value is -0.810. The van der Waals surface area contributed by atoms with E-state index in [2.05, 4.69) is 17.6 Å². The van der Waals surface area contributed by atoms with E-state index in [0.717, 1.165) is 25.8 Å². The summed E-state index contributed by atoms with van der Waals surface area (Å²) in [7, 11) is 0. The zero-order valence-corrected chi connectivity index (χ0v) is 13.0. The van der Waals surface area contributed by atoms with Crippen LogP contribution in [0.3, 0.4) is 0 Å². The van der Waals surface area contributed by atoms with E-state index in [9.17, 15) is 9.90 Å². The Morgan fingerprint density at radius 1 is 1.21 bits per heavy atom. The van der Waals surface area contributed by atoms with Gasteiger partial charge in [0.15, 0.2) is 0 Å². The van der Waals surface area contributed by atoms with Gasteiger partial charge in [0, 0.05) is 12.1 Å². The Morgan fingerprint density at radius 3 is 2.32 bits per heavy atom. The molecule has 0 aromatic rings. The maximum Gasteiger partial charge on any atom is 0.407 e. The Kier molecular flexibility index (Phi) is 8.02. The highest BCUT2D eigenvalue weighted by Crippen LogP contribution is 2.10. The summed E-state index contributed by atoms with van der Waals surface area (Å²) >= 11 is 0. The molecule has 1 amide bonds. The Bertz CT molecular complexity index is 264. The van der Waals surface area contributed by atoms with Gasteiger partial charge in [-0.15, -0.1) is 0 Å². The average molecular weight is 274 g/mol. The molecule has 1 atom stereocenters. The van der Waals surface area contributed by atoms with Gasteiger partial charge in [-0.3, -0.25) is 0 Å². The van der Waals surface area contributed by atoms with Crippen molar-refractivity contribution < 1.29 is 14.6 Å². The maximum absolute atomic E-state index is 11.4. The first-order valence-corrected chi connectivity index (χ1v) is 7.05. The van der Waals surface area contributed by atoms with Crippen LogP contribution < -0.4 is 10.6 Å². The Balaban J connectivity index is 3.73. The third-order valence-corrected chi connectivity index (χ3v) is 2.72. The molecule has 0 aromatic carbocycles. The van der Waals surface area contributed by atoms with Crippen LogP contribution in [0.1, 0.15) is 53.9 Å². The standard InChI is InChI=1S/C14H30N2O3/c1-6-8-14(5,11-17)16-10-7-9-15-12(18)19-13(2,3)4/h16-17H,6-11H2,1-5H3,(H,15,18). The molecule has 0 aliphatic heterocycles. The fraction of sp³-hybridized carbons (Fsp3) is 0.929. The Morgan fingerprint density at radius 2 is 1.84 bits per heavy atom. The van der Waals surface area contributed by atoms with E-state index in [1.54, 1.807) is 0 Å². The number of ether oxygens (including phenoxy) is 1. The molecule has 5 nitrogen and oxygen atoms in total. The molecule has 19 heavy (non-hydrogen) atoms. The van der Waals surface area contributed by atoms with Crippen LogP contribution >= 0.6 is 0 Å². The highest BCUT2D eigenvalue weighted by molar-refractivity contribution is 5.67. The van der Waals surface area contributed by atoms with Gasteiger partial charge in [-0.2, -0.15) is 0 Å². The fourth-order valence-electron chi connectivity index (χ4n) is 1.76. The summed E-state index contributed by atoms with van der Waals surface area (Å²) in [6, 6.07) is 0. The van der Waals surface area contributed by atoms with Crippen LogP contribution in [0.15, 0.2) is 0 Å². The van der Waals surface area contributed by atoms with Crippen molar-refractivity contribution in [3.63, 3.8) is 0 Å². The lowest BCUT2D eigenvalue weighted by molar-refractivity contribution is 0.0526. The molecule has 5 heteroatoms. The van der Waals surface area contributed by atoms with Crippen LogP contribution in [0, 0.1) is 0 Å². The zero-order valence-electron chi connectivity index (χ0n) is 13.0. The van der Waals surface area contributed by atoms with E-state index >= 15 is 0 Å². The van der Waals surface area contributed by atoms with Gasteiger partial charge in [0.05, 0.1) is 6.61 Å². The van der Waals surface area contributed by atoms with Gasteiger partial charge in [-0.1, -0.05) is 13.3 Å². The van der Waals surface area contributed by atoms with Crippen molar-refractivity contribution in [2.45, 2.75) is 65.0 Å². The average Bonchev–Trinajstić information content (AvgIpc) is 2.26. The quantitative estimate of drug-likeness (QED) is 0.592. The van der Waals surface area contributed by atoms with E-state index in [1.165, 1.54) is 0 Å². The van der Waals surface area contributed by atoms with Crippen LogP contribution in [0.5, 0.6) is 0 Å². The number of hydrogen-bond acceptors (Lipinski definition) is 4. The molecule has 114 valence electrons. The molecule has 0 aromatic heterocycles. The number of carbonyl (C=O) groups is 1. The first-order valence-electron chi connectivity index (χ1n) is 7.05. The summed E-state index contributed by atoms with van der Waals surface area (Å²) in [5.74, 6) is 0. The zero-order chi connectivity index (χ0) is 14.9.